The van der Waals surface area contributed by atoms with Crippen molar-refractivity contribution >= 4 is 17.0 Å². The van der Waals surface area contributed by atoms with E-state index in [9.17, 15) is 15.3 Å². The van der Waals surface area contributed by atoms with Crippen molar-refractivity contribution in [1.29, 1.82) is 0 Å². The van der Waals surface area contributed by atoms with Gasteiger partial charge in [-0.15, -0.1) is 0 Å². The van der Waals surface area contributed by atoms with Crippen molar-refractivity contribution < 1.29 is 20.1 Å². The van der Waals surface area contributed by atoms with Gasteiger partial charge < -0.3 is 25.4 Å². The minimum Gasteiger partial charge on any atom is -0.394 e. The Morgan fingerprint density at radius 1 is 1.32 bits per heavy atom. The maximum Gasteiger partial charge on any atom is 0.167 e. The molecule has 134 valence electrons. The Bertz CT molecular complexity index is 776. The number of ether oxygens (including phenoxy) is 1. The SMILES string of the molecule is [N-]=[N+]=NCCCNc1ncnc2c1ncn2[C@@H]1O[C@H](CO)[C@@H](O)[C@H]1O. The molecule has 0 aliphatic carbocycles. The van der Waals surface area contributed by atoms with E-state index in [1.165, 1.54) is 17.2 Å². The number of nitrogens with one attached hydrogen (secondary N) is 1. The van der Waals surface area contributed by atoms with E-state index in [4.69, 9.17) is 10.3 Å². The Balaban J connectivity index is 1.80. The van der Waals surface area contributed by atoms with E-state index >= 15 is 0 Å². The summed E-state index contributed by atoms with van der Waals surface area (Å²) >= 11 is 0. The number of fused-ring (bicyclic) bond motifs is 1. The van der Waals surface area contributed by atoms with Gasteiger partial charge in [-0.25, -0.2) is 15.0 Å². The summed E-state index contributed by atoms with van der Waals surface area (Å²) in [5.41, 5.74) is 9.14. The number of hydrogen-bond donors (Lipinski definition) is 4. The Kier molecular flexibility index (Phi) is 5.26. The topological polar surface area (TPSA) is 174 Å². The lowest BCUT2D eigenvalue weighted by atomic mass is 10.1. The zero-order valence-electron chi connectivity index (χ0n) is 13.2. The summed E-state index contributed by atoms with van der Waals surface area (Å²) in [5.74, 6) is 0.497. The minimum atomic E-state index is -1.22. The molecule has 12 heteroatoms. The highest BCUT2D eigenvalue weighted by Crippen LogP contribution is 2.31. The lowest BCUT2D eigenvalue weighted by Gasteiger charge is -2.16. The first-order chi connectivity index (χ1) is 12.2. The van der Waals surface area contributed by atoms with Gasteiger partial charge in [-0.05, 0) is 12.0 Å². The van der Waals surface area contributed by atoms with Crippen molar-refractivity contribution in [1.82, 2.24) is 19.5 Å². The van der Waals surface area contributed by atoms with Gasteiger partial charge in [0.1, 0.15) is 24.6 Å². The molecule has 4 N–H and O–H groups in total. The van der Waals surface area contributed by atoms with Gasteiger partial charge in [-0.1, -0.05) is 5.11 Å². The van der Waals surface area contributed by atoms with E-state index < -0.39 is 31.1 Å². The van der Waals surface area contributed by atoms with E-state index in [0.717, 1.165) is 0 Å². The van der Waals surface area contributed by atoms with Gasteiger partial charge in [0.25, 0.3) is 0 Å². The van der Waals surface area contributed by atoms with Crippen LogP contribution in [0.15, 0.2) is 17.8 Å². The molecule has 1 fully saturated rings. The Labute approximate surface area is 141 Å². The number of aromatic nitrogens is 4. The van der Waals surface area contributed by atoms with E-state index in [0.29, 0.717) is 36.5 Å². The van der Waals surface area contributed by atoms with Gasteiger partial charge >= 0.3 is 0 Å². The lowest BCUT2D eigenvalue weighted by Crippen LogP contribution is -2.33. The first kappa shape index (κ1) is 17.3. The third kappa shape index (κ3) is 3.34. The number of hydrogen-bond acceptors (Lipinski definition) is 9. The van der Waals surface area contributed by atoms with Crippen LogP contribution in [-0.2, 0) is 4.74 Å². The summed E-state index contributed by atoms with van der Waals surface area (Å²) in [6, 6.07) is 0. The summed E-state index contributed by atoms with van der Waals surface area (Å²) in [5, 5.41) is 35.8. The number of rotatable bonds is 7. The lowest BCUT2D eigenvalue weighted by molar-refractivity contribution is -0.0511. The second kappa shape index (κ2) is 7.59. The summed E-state index contributed by atoms with van der Waals surface area (Å²) < 4.78 is 6.99. The van der Waals surface area contributed by atoms with Crippen LogP contribution < -0.4 is 5.32 Å². The predicted molar refractivity (Wildman–Crippen MR) is 85.5 cm³/mol. The minimum absolute atomic E-state index is 0.370. The van der Waals surface area contributed by atoms with Crippen molar-refractivity contribution in [2.75, 3.05) is 25.0 Å². The number of anilines is 1. The zero-order valence-corrected chi connectivity index (χ0v) is 13.2. The van der Waals surface area contributed by atoms with Crippen molar-refractivity contribution in [3.63, 3.8) is 0 Å². The van der Waals surface area contributed by atoms with Crippen LogP contribution in [0.1, 0.15) is 12.6 Å². The average Bonchev–Trinajstić information content (AvgIpc) is 3.17. The maximum atomic E-state index is 10.1. The second-order valence-corrected chi connectivity index (χ2v) is 5.51. The highest BCUT2D eigenvalue weighted by Gasteiger charge is 2.44. The number of aliphatic hydroxyl groups is 3. The van der Waals surface area contributed by atoms with Gasteiger partial charge in [0.05, 0.1) is 12.9 Å². The van der Waals surface area contributed by atoms with Gasteiger partial charge in [0, 0.05) is 18.0 Å². The smallest absolute Gasteiger partial charge is 0.167 e. The van der Waals surface area contributed by atoms with E-state index in [1.807, 2.05) is 0 Å². The first-order valence-electron chi connectivity index (χ1n) is 7.72. The molecule has 0 unspecified atom stereocenters. The Morgan fingerprint density at radius 2 is 2.16 bits per heavy atom. The molecule has 4 atom stereocenters. The van der Waals surface area contributed by atoms with E-state index in [1.54, 1.807) is 0 Å². The van der Waals surface area contributed by atoms with Crippen LogP contribution in [0.25, 0.3) is 21.6 Å². The molecule has 12 nitrogen and oxygen atoms in total. The zero-order chi connectivity index (χ0) is 17.8. The highest BCUT2D eigenvalue weighted by molar-refractivity contribution is 5.82. The molecule has 0 amide bonds. The van der Waals surface area contributed by atoms with Crippen LogP contribution in [0, 0.1) is 0 Å². The van der Waals surface area contributed by atoms with Crippen LogP contribution in [0.3, 0.4) is 0 Å². The quantitative estimate of drug-likeness (QED) is 0.225. The molecule has 1 saturated heterocycles. The molecule has 2 aromatic rings. The van der Waals surface area contributed by atoms with E-state index in [2.05, 4.69) is 30.3 Å². The number of aliphatic hydroxyl groups excluding tert-OH is 3. The summed E-state index contributed by atoms with van der Waals surface area (Å²) in [6.45, 7) is 0.495. The van der Waals surface area contributed by atoms with Crippen LogP contribution in [0.5, 0.6) is 0 Å². The van der Waals surface area contributed by atoms with Crippen LogP contribution in [0.2, 0.25) is 0 Å². The van der Waals surface area contributed by atoms with E-state index in [-0.39, 0.29) is 0 Å². The van der Waals surface area contributed by atoms with Crippen LogP contribution in [0.4, 0.5) is 5.82 Å². The van der Waals surface area contributed by atoms with Gasteiger partial charge in [-0.3, -0.25) is 4.57 Å². The molecule has 3 rings (SSSR count). The molecule has 1 aliphatic heterocycles. The fraction of sp³-hybridized carbons (Fsp3) is 0.615. The molecule has 1 aliphatic rings. The molecule has 25 heavy (non-hydrogen) atoms. The molecule has 3 heterocycles. The van der Waals surface area contributed by atoms with Crippen molar-refractivity contribution in [3.8, 4) is 0 Å². The third-order valence-corrected chi connectivity index (χ3v) is 3.94. The van der Waals surface area contributed by atoms with Crippen molar-refractivity contribution in [2.45, 2.75) is 31.0 Å². The molecule has 0 spiro atoms. The maximum absolute atomic E-state index is 10.1. The summed E-state index contributed by atoms with van der Waals surface area (Å²) in [6.07, 6.45) is -0.798. The predicted octanol–water partition coefficient (Wildman–Crippen LogP) is -0.450. The van der Waals surface area contributed by atoms with Gasteiger partial charge in [0.15, 0.2) is 23.2 Å². The monoisotopic (exact) mass is 350 g/mol. The summed E-state index contributed by atoms with van der Waals surface area (Å²) in [4.78, 5) is 15.2. The van der Waals surface area contributed by atoms with Crippen LogP contribution in [-0.4, -0.2) is 72.8 Å². The second-order valence-electron chi connectivity index (χ2n) is 5.51. The van der Waals surface area contributed by atoms with Crippen molar-refractivity contribution in [2.24, 2.45) is 5.11 Å². The molecular formula is C13H18N8O4. The average molecular weight is 350 g/mol. The molecular weight excluding hydrogens is 332 g/mol. The molecule has 0 aromatic carbocycles. The Morgan fingerprint density at radius 3 is 2.88 bits per heavy atom. The number of imidazole rings is 1. The first-order valence-corrected chi connectivity index (χ1v) is 7.72. The molecule has 2 aromatic heterocycles. The fourth-order valence-corrected chi connectivity index (χ4v) is 2.68. The standard InChI is InChI=1S/C13H18N8O4/c14-20-19-3-1-2-15-11-8-12(17-5-16-11)21(6-18-8)13-10(24)9(23)7(4-22)25-13/h5-7,9-10,13,22-24H,1-4H2,(H,15,16,17)/t7-,9-,10-,13-/m1/s1. The number of nitrogens with zero attached hydrogens (tertiary/aromatic N) is 7. The number of azide groups is 1. The van der Waals surface area contributed by atoms with Gasteiger partial charge in [0.2, 0.25) is 0 Å². The molecule has 0 saturated carbocycles. The molecule has 0 radical (unpaired) electrons. The van der Waals surface area contributed by atoms with Crippen molar-refractivity contribution in [3.05, 3.63) is 23.1 Å². The largest absolute Gasteiger partial charge is 0.394 e. The normalized spacial score (nSPS) is 25.9. The highest BCUT2D eigenvalue weighted by atomic mass is 16.6. The third-order valence-electron chi connectivity index (χ3n) is 3.94. The van der Waals surface area contributed by atoms with Crippen LogP contribution >= 0.6 is 0 Å². The fourth-order valence-electron chi connectivity index (χ4n) is 2.68. The summed E-state index contributed by atoms with van der Waals surface area (Å²) in [7, 11) is 0. The molecule has 0 bridgehead atoms. The van der Waals surface area contributed by atoms with Gasteiger partial charge in [-0.2, -0.15) is 0 Å². The Hall–Kier alpha value is -2.50.